The summed E-state index contributed by atoms with van der Waals surface area (Å²) in [5.41, 5.74) is -0.380. The van der Waals surface area contributed by atoms with Crippen molar-refractivity contribution in [3.63, 3.8) is 0 Å². The standard InChI is InChI=1S/C25H27NO3/c1-18-6-2-11-22(14-18)24(27)17-26-13-5-8-19-7-3-9-20(15-19)21-10-4-12-23(16-21)25(28)29/h2-4,6-7,9-12,14-16,24,26-27H,5,8,13,17H2,1H3,(H,28,29)/t24-/m0/s1/i4D,5D2,10D,12D,13D2,16D,17D2,24D. The van der Waals surface area contributed by atoms with Crippen molar-refractivity contribution < 1.29 is 30.1 Å². The van der Waals surface area contributed by atoms with Crippen molar-refractivity contribution >= 4 is 5.97 Å². The number of hydrogen-bond acceptors (Lipinski definition) is 3. The Hall–Kier alpha value is -2.95. The minimum Gasteiger partial charge on any atom is -0.478 e. The topological polar surface area (TPSA) is 69.6 Å². The van der Waals surface area contributed by atoms with E-state index in [1.54, 1.807) is 13.0 Å². The summed E-state index contributed by atoms with van der Waals surface area (Å²) < 4.78 is 90.3. The molecule has 0 spiro atoms. The lowest BCUT2D eigenvalue weighted by atomic mass is 9.99. The third kappa shape index (κ3) is 6.01. The van der Waals surface area contributed by atoms with E-state index in [1.807, 2.05) is 5.32 Å². The van der Waals surface area contributed by atoms with Gasteiger partial charge in [0.25, 0.3) is 0 Å². The fourth-order valence-corrected chi connectivity index (χ4v) is 2.58. The van der Waals surface area contributed by atoms with Gasteiger partial charge < -0.3 is 15.5 Å². The lowest BCUT2D eigenvalue weighted by Crippen LogP contribution is -2.22. The lowest BCUT2D eigenvalue weighted by Gasteiger charge is -2.13. The molecule has 0 aliphatic rings. The number of aliphatic hydroxyl groups is 1. The number of aryl methyl sites for hydroxylation is 2. The molecule has 0 amide bonds. The summed E-state index contributed by atoms with van der Waals surface area (Å²) >= 11 is 0. The predicted octanol–water partition coefficient (Wildman–Crippen LogP) is 4.62. The summed E-state index contributed by atoms with van der Waals surface area (Å²) in [4.78, 5) is 11.6. The van der Waals surface area contributed by atoms with E-state index in [0.717, 1.165) is 0 Å². The third-order valence-corrected chi connectivity index (χ3v) is 3.97. The molecule has 0 aliphatic heterocycles. The average molecular weight is 401 g/mol. The molecule has 0 aliphatic carbocycles. The average Bonchev–Trinajstić information content (AvgIpc) is 2.81. The Labute approximate surface area is 187 Å². The van der Waals surface area contributed by atoms with Crippen LogP contribution in [0, 0.1) is 6.92 Å². The van der Waals surface area contributed by atoms with E-state index in [-0.39, 0.29) is 22.3 Å². The van der Waals surface area contributed by atoms with Gasteiger partial charge in [-0.1, -0.05) is 66.2 Å². The molecule has 0 unspecified atom stereocenters. The number of hydrogen-bond donors (Lipinski definition) is 3. The van der Waals surface area contributed by atoms with Crippen LogP contribution in [0.5, 0.6) is 0 Å². The molecular formula is C25H27NO3. The number of rotatable bonds is 9. The van der Waals surface area contributed by atoms with E-state index in [0.29, 0.717) is 5.56 Å². The van der Waals surface area contributed by atoms with E-state index >= 15 is 0 Å². The normalized spacial score (nSPS) is 20.0. The van der Waals surface area contributed by atoms with Crippen LogP contribution in [0.3, 0.4) is 0 Å². The van der Waals surface area contributed by atoms with Gasteiger partial charge in [0.2, 0.25) is 0 Å². The summed E-state index contributed by atoms with van der Waals surface area (Å²) in [6.45, 7) is -4.63. The summed E-state index contributed by atoms with van der Waals surface area (Å²) in [5.74, 6) is -1.62. The highest BCUT2D eigenvalue weighted by atomic mass is 16.4. The van der Waals surface area contributed by atoms with Gasteiger partial charge in [-0.3, -0.25) is 0 Å². The number of carbonyl (C=O) groups is 1. The molecule has 0 aromatic heterocycles. The Morgan fingerprint density at radius 2 is 2.03 bits per heavy atom. The van der Waals surface area contributed by atoms with E-state index in [1.165, 1.54) is 42.5 Å². The van der Waals surface area contributed by atoms with Crippen LogP contribution in [0.1, 0.15) is 54.6 Å². The Kier molecular flexibility index (Phi) is 3.70. The smallest absolute Gasteiger partial charge is 0.335 e. The zero-order valence-corrected chi connectivity index (χ0v) is 15.6. The molecule has 0 bridgehead atoms. The highest BCUT2D eigenvalue weighted by Gasteiger charge is 2.07. The molecule has 0 saturated heterocycles. The van der Waals surface area contributed by atoms with E-state index in [2.05, 4.69) is 0 Å². The fraction of sp³-hybridized carbons (Fsp3) is 0.240. The van der Waals surface area contributed by atoms with Gasteiger partial charge in [0.15, 0.2) is 0 Å². The number of nitrogens with one attached hydrogen (secondary N) is 1. The molecule has 0 radical (unpaired) electrons. The van der Waals surface area contributed by atoms with Crippen molar-refractivity contribution in [1.82, 2.24) is 5.32 Å². The van der Waals surface area contributed by atoms with Gasteiger partial charge in [-0.25, -0.2) is 4.79 Å². The molecule has 3 aromatic rings. The maximum Gasteiger partial charge on any atom is 0.335 e. The second-order valence-electron chi connectivity index (χ2n) is 6.20. The first kappa shape index (κ1) is 10.7. The van der Waals surface area contributed by atoms with Crippen LogP contribution in [0.25, 0.3) is 11.1 Å². The summed E-state index contributed by atoms with van der Waals surface area (Å²) in [5, 5.41) is 22.0. The molecule has 0 saturated carbocycles. The maximum atomic E-state index is 11.6. The molecule has 4 heteroatoms. The number of carboxylic acids is 1. The van der Waals surface area contributed by atoms with Crippen LogP contribution in [-0.4, -0.2) is 29.2 Å². The maximum absolute atomic E-state index is 11.6. The van der Waals surface area contributed by atoms with Crippen molar-refractivity contribution in [3.05, 3.63) is 95.0 Å². The largest absolute Gasteiger partial charge is 0.478 e. The molecule has 0 heterocycles. The summed E-state index contributed by atoms with van der Waals surface area (Å²) in [6, 6.07) is 8.57. The van der Waals surface area contributed by atoms with Gasteiger partial charge in [-0.15, -0.1) is 0 Å². The molecule has 29 heavy (non-hydrogen) atoms. The van der Waals surface area contributed by atoms with Gasteiger partial charge in [-0.2, -0.15) is 0 Å². The Bertz CT molecular complexity index is 1460. The van der Waals surface area contributed by atoms with E-state index in [4.69, 9.17) is 15.1 Å². The second-order valence-corrected chi connectivity index (χ2v) is 6.20. The first-order valence-corrected chi connectivity index (χ1v) is 8.75. The van der Waals surface area contributed by atoms with Crippen LogP contribution in [0.15, 0.2) is 72.7 Å². The molecule has 150 valence electrons. The highest BCUT2D eigenvalue weighted by Crippen LogP contribution is 2.22. The van der Waals surface area contributed by atoms with Crippen molar-refractivity contribution in [1.29, 1.82) is 0 Å². The number of benzene rings is 3. The molecular weight excluding hydrogens is 362 g/mol. The monoisotopic (exact) mass is 400 g/mol. The van der Waals surface area contributed by atoms with Crippen molar-refractivity contribution in [2.24, 2.45) is 0 Å². The SMILES string of the molecule is [2H]c1c([2H])c(C(=O)O)c([2H])c(-c2cccc(CC([2H])([2H])C([2H])([2H])NC([2H])([2H])[C@]([2H])(O)c3cccc(C)c3)c2)c1[2H]. The van der Waals surface area contributed by atoms with E-state index < -0.39 is 67.6 Å². The summed E-state index contributed by atoms with van der Waals surface area (Å²) in [7, 11) is 0. The van der Waals surface area contributed by atoms with Crippen LogP contribution in [0.4, 0.5) is 0 Å². The first-order valence-electron chi connectivity index (χ1n) is 14.3. The van der Waals surface area contributed by atoms with Gasteiger partial charge in [0, 0.05) is 14.7 Å². The summed E-state index contributed by atoms with van der Waals surface area (Å²) in [6.07, 6.45) is -6.50. The van der Waals surface area contributed by atoms with E-state index in [9.17, 15) is 15.0 Å². The quantitative estimate of drug-likeness (QED) is 0.490. The van der Waals surface area contributed by atoms with Crippen LogP contribution >= 0.6 is 0 Å². The third-order valence-electron chi connectivity index (χ3n) is 3.97. The Morgan fingerprint density at radius 1 is 1.21 bits per heavy atom. The Balaban J connectivity index is 1.96. The molecule has 0 fully saturated rings. The van der Waals surface area contributed by atoms with Crippen molar-refractivity contribution in [2.75, 3.05) is 13.0 Å². The minimum atomic E-state index is -3.16. The molecule has 3 rings (SSSR count). The van der Waals surface area contributed by atoms with Gasteiger partial charge in [0.05, 0.1) is 18.5 Å². The molecule has 4 nitrogen and oxygen atoms in total. The molecule has 3 aromatic carbocycles. The van der Waals surface area contributed by atoms with Gasteiger partial charge in [0.1, 0.15) is 0 Å². The number of aromatic carboxylic acids is 1. The lowest BCUT2D eigenvalue weighted by molar-refractivity contribution is 0.0697. The zero-order chi connectivity index (χ0) is 30.4. The van der Waals surface area contributed by atoms with Crippen molar-refractivity contribution in [3.8, 4) is 11.1 Å². The van der Waals surface area contributed by atoms with Crippen LogP contribution < -0.4 is 5.32 Å². The Morgan fingerprint density at radius 3 is 2.83 bits per heavy atom. The number of carboxylic acid groups (broad SMARTS) is 1. The van der Waals surface area contributed by atoms with Gasteiger partial charge in [-0.05, 0) is 60.6 Å². The minimum absolute atomic E-state index is 0.0723. The van der Waals surface area contributed by atoms with Crippen LogP contribution in [0.2, 0.25) is 0 Å². The molecule has 1 atom stereocenters. The highest BCUT2D eigenvalue weighted by molar-refractivity contribution is 5.89. The molecule has 3 N–H and O–H groups in total. The van der Waals surface area contributed by atoms with Crippen molar-refractivity contribution in [2.45, 2.75) is 25.8 Å². The zero-order valence-electron chi connectivity index (χ0n) is 26.6. The predicted molar refractivity (Wildman–Crippen MR) is 116 cm³/mol. The first-order chi connectivity index (χ1) is 18.2. The van der Waals surface area contributed by atoms with Crippen LogP contribution in [-0.2, 0) is 6.42 Å². The van der Waals surface area contributed by atoms with Gasteiger partial charge >= 0.3 is 5.97 Å². The second kappa shape index (κ2) is 10.0. The fourth-order valence-electron chi connectivity index (χ4n) is 2.58.